The number of ether oxygens (including phenoxy) is 1. The van der Waals surface area contributed by atoms with Crippen molar-refractivity contribution in [2.24, 2.45) is 11.7 Å². The number of nitrogens with zero attached hydrogens (tertiary/aromatic N) is 2. The molecule has 98 valence electrons. The van der Waals surface area contributed by atoms with E-state index in [0.29, 0.717) is 10.8 Å². The molecule has 1 amide bonds. The molecule has 6 nitrogen and oxygen atoms in total. The molecule has 0 aliphatic heterocycles. The third kappa shape index (κ3) is 2.64. The highest BCUT2D eigenvalue weighted by molar-refractivity contribution is 6.32. The Morgan fingerprint density at radius 1 is 1.61 bits per heavy atom. The maximum Gasteiger partial charge on any atom is 0.318 e. The molecule has 0 spiro atoms. The summed E-state index contributed by atoms with van der Waals surface area (Å²) in [5.74, 6) is 0.00540. The molecule has 0 unspecified atom stereocenters. The lowest BCUT2D eigenvalue weighted by Crippen LogP contribution is -2.34. The zero-order chi connectivity index (χ0) is 13.1. The highest BCUT2D eigenvalue weighted by Crippen LogP contribution is 2.30. The average molecular weight is 271 g/mol. The highest BCUT2D eigenvalue weighted by atomic mass is 35.5. The fourth-order valence-corrected chi connectivity index (χ4v) is 2.35. The fourth-order valence-electron chi connectivity index (χ4n) is 2.20. The number of anilines is 1. The van der Waals surface area contributed by atoms with Crippen LogP contribution in [0.5, 0.6) is 6.01 Å². The quantitative estimate of drug-likeness (QED) is 0.858. The van der Waals surface area contributed by atoms with Gasteiger partial charge >= 0.3 is 6.01 Å². The second-order valence-corrected chi connectivity index (χ2v) is 4.65. The van der Waals surface area contributed by atoms with Gasteiger partial charge in [0.25, 0.3) is 0 Å². The van der Waals surface area contributed by atoms with Crippen LogP contribution in [-0.4, -0.2) is 29.0 Å². The van der Waals surface area contributed by atoms with Crippen LogP contribution in [0.3, 0.4) is 0 Å². The van der Waals surface area contributed by atoms with Gasteiger partial charge in [-0.25, -0.2) is 4.98 Å². The minimum Gasteiger partial charge on any atom is -0.467 e. The zero-order valence-corrected chi connectivity index (χ0v) is 10.8. The Morgan fingerprint density at radius 3 is 3.06 bits per heavy atom. The molecule has 18 heavy (non-hydrogen) atoms. The third-order valence-corrected chi connectivity index (χ3v) is 3.38. The van der Waals surface area contributed by atoms with Crippen LogP contribution in [-0.2, 0) is 4.79 Å². The number of halogens is 1. The van der Waals surface area contributed by atoms with Gasteiger partial charge in [-0.2, -0.15) is 4.98 Å². The molecule has 1 aliphatic rings. The van der Waals surface area contributed by atoms with Gasteiger partial charge in [0.15, 0.2) is 5.82 Å². The van der Waals surface area contributed by atoms with Crippen LogP contribution in [0.1, 0.15) is 19.3 Å². The Balaban J connectivity index is 2.15. The molecule has 1 heterocycles. The van der Waals surface area contributed by atoms with Gasteiger partial charge < -0.3 is 15.8 Å². The summed E-state index contributed by atoms with van der Waals surface area (Å²) in [6.45, 7) is 0. The Labute approximate surface area is 110 Å². The van der Waals surface area contributed by atoms with Gasteiger partial charge in [-0.1, -0.05) is 18.0 Å². The highest BCUT2D eigenvalue weighted by Gasteiger charge is 2.32. The molecule has 0 saturated heterocycles. The van der Waals surface area contributed by atoms with E-state index in [4.69, 9.17) is 22.1 Å². The van der Waals surface area contributed by atoms with E-state index >= 15 is 0 Å². The number of rotatable bonds is 4. The molecular weight excluding hydrogens is 256 g/mol. The van der Waals surface area contributed by atoms with Gasteiger partial charge in [0.2, 0.25) is 5.91 Å². The SMILES string of the molecule is COc1ncc(Cl)c(N[C@H]2CCC[C@H]2C(N)=O)n1. The summed E-state index contributed by atoms with van der Waals surface area (Å²) >= 11 is 6.00. The Kier molecular flexibility index (Phi) is 3.86. The topological polar surface area (TPSA) is 90.1 Å². The number of aromatic nitrogens is 2. The van der Waals surface area contributed by atoms with E-state index < -0.39 is 0 Å². The van der Waals surface area contributed by atoms with E-state index in [1.54, 1.807) is 0 Å². The van der Waals surface area contributed by atoms with Crippen LogP contribution >= 0.6 is 11.6 Å². The number of nitrogens with two attached hydrogens (primary N) is 1. The van der Waals surface area contributed by atoms with Gasteiger partial charge in [-0.15, -0.1) is 0 Å². The monoisotopic (exact) mass is 270 g/mol. The second kappa shape index (κ2) is 5.39. The number of amides is 1. The maximum absolute atomic E-state index is 11.3. The number of hydrogen-bond acceptors (Lipinski definition) is 5. The van der Waals surface area contributed by atoms with Crippen molar-refractivity contribution in [2.45, 2.75) is 25.3 Å². The van der Waals surface area contributed by atoms with E-state index in [0.717, 1.165) is 19.3 Å². The number of carbonyl (C=O) groups is 1. The molecule has 1 aliphatic carbocycles. The third-order valence-electron chi connectivity index (χ3n) is 3.11. The van der Waals surface area contributed by atoms with Crippen molar-refractivity contribution in [3.05, 3.63) is 11.2 Å². The lowest BCUT2D eigenvalue weighted by atomic mass is 10.0. The molecule has 0 radical (unpaired) electrons. The van der Waals surface area contributed by atoms with E-state index in [9.17, 15) is 4.79 Å². The fraction of sp³-hybridized carbons (Fsp3) is 0.545. The molecule has 2 rings (SSSR count). The number of hydrogen-bond donors (Lipinski definition) is 2. The lowest BCUT2D eigenvalue weighted by molar-refractivity contribution is -0.121. The lowest BCUT2D eigenvalue weighted by Gasteiger charge is -2.19. The molecule has 0 aromatic carbocycles. The van der Waals surface area contributed by atoms with Crippen LogP contribution in [0.15, 0.2) is 6.20 Å². The summed E-state index contributed by atoms with van der Waals surface area (Å²) in [5.41, 5.74) is 5.37. The van der Waals surface area contributed by atoms with Crippen molar-refractivity contribution >= 4 is 23.3 Å². The van der Waals surface area contributed by atoms with E-state index in [1.165, 1.54) is 13.3 Å². The first kappa shape index (κ1) is 12.9. The predicted molar refractivity (Wildman–Crippen MR) is 67.5 cm³/mol. The van der Waals surface area contributed by atoms with Crippen molar-refractivity contribution in [3.63, 3.8) is 0 Å². The summed E-state index contributed by atoms with van der Waals surface area (Å²) in [6, 6.07) is 0.204. The molecule has 2 atom stereocenters. The van der Waals surface area contributed by atoms with Gasteiger partial charge in [0.05, 0.1) is 19.2 Å². The van der Waals surface area contributed by atoms with E-state index in [1.807, 2.05) is 0 Å². The normalized spacial score (nSPS) is 22.8. The smallest absolute Gasteiger partial charge is 0.318 e. The zero-order valence-electron chi connectivity index (χ0n) is 10.0. The van der Waals surface area contributed by atoms with Gasteiger partial charge in [0.1, 0.15) is 5.02 Å². The minimum absolute atomic E-state index is 0.0281. The summed E-state index contributed by atoms with van der Waals surface area (Å²) < 4.78 is 4.94. The Hall–Kier alpha value is -1.56. The number of primary amides is 1. The largest absolute Gasteiger partial charge is 0.467 e. The summed E-state index contributed by atoms with van der Waals surface area (Å²) in [5, 5.41) is 3.55. The van der Waals surface area contributed by atoms with Crippen LogP contribution < -0.4 is 15.8 Å². The van der Waals surface area contributed by atoms with Gasteiger partial charge in [0, 0.05) is 6.04 Å². The molecule has 1 aromatic heterocycles. The summed E-state index contributed by atoms with van der Waals surface area (Å²) in [4.78, 5) is 19.3. The van der Waals surface area contributed by atoms with E-state index in [2.05, 4.69) is 15.3 Å². The molecule has 3 N–H and O–H groups in total. The molecule has 7 heteroatoms. The van der Waals surface area contributed by atoms with Gasteiger partial charge in [-0.05, 0) is 12.8 Å². The standard InChI is InChI=1S/C11H15ClN4O2/c1-18-11-14-5-7(12)10(16-11)15-8-4-2-3-6(8)9(13)17/h5-6,8H,2-4H2,1H3,(H2,13,17)(H,14,15,16)/t6-,8+/m1/s1. The van der Waals surface area contributed by atoms with Crippen LogP contribution in [0.4, 0.5) is 5.82 Å². The molecule has 1 aromatic rings. The number of nitrogens with one attached hydrogen (secondary N) is 1. The first-order valence-electron chi connectivity index (χ1n) is 5.74. The van der Waals surface area contributed by atoms with Crippen molar-refractivity contribution in [1.29, 1.82) is 0 Å². The minimum atomic E-state index is -0.290. The average Bonchev–Trinajstić information content (AvgIpc) is 2.80. The van der Waals surface area contributed by atoms with Crippen LogP contribution in [0, 0.1) is 5.92 Å². The number of methoxy groups -OCH3 is 1. The number of carbonyl (C=O) groups excluding carboxylic acids is 1. The first-order chi connectivity index (χ1) is 8.61. The van der Waals surface area contributed by atoms with E-state index in [-0.39, 0.29) is 23.9 Å². The van der Waals surface area contributed by atoms with Crippen molar-refractivity contribution in [1.82, 2.24) is 9.97 Å². The predicted octanol–water partition coefficient (Wildman–Crippen LogP) is 1.20. The Morgan fingerprint density at radius 2 is 2.39 bits per heavy atom. The molecule has 1 saturated carbocycles. The molecule has 0 bridgehead atoms. The Bertz CT molecular complexity index is 455. The second-order valence-electron chi connectivity index (χ2n) is 4.24. The first-order valence-corrected chi connectivity index (χ1v) is 6.12. The van der Waals surface area contributed by atoms with Crippen molar-refractivity contribution in [2.75, 3.05) is 12.4 Å². The van der Waals surface area contributed by atoms with Crippen LogP contribution in [0.2, 0.25) is 5.02 Å². The van der Waals surface area contributed by atoms with Crippen LogP contribution in [0.25, 0.3) is 0 Å². The molecule has 1 fully saturated rings. The maximum atomic E-state index is 11.3. The summed E-state index contributed by atoms with van der Waals surface area (Å²) in [7, 11) is 1.48. The van der Waals surface area contributed by atoms with Crippen molar-refractivity contribution < 1.29 is 9.53 Å². The van der Waals surface area contributed by atoms with Gasteiger partial charge in [-0.3, -0.25) is 4.79 Å². The molecular formula is C11H15ClN4O2. The van der Waals surface area contributed by atoms with Crippen molar-refractivity contribution in [3.8, 4) is 6.01 Å². The summed E-state index contributed by atoms with van der Waals surface area (Å²) in [6.07, 6.45) is 4.10.